The van der Waals surface area contributed by atoms with E-state index < -0.39 is 0 Å². The lowest BCUT2D eigenvalue weighted by atomic mass is 9.86. The summed E-state index contributed by atoms with van der Waals surface area (Å²) < 4.78 is 0. The largest absolute Gasteiger partial charge is 0.0776 e. The van der Waals surface area contributed by atoms with E-state index in [-0.39, 0.29) is 7.43 Å². The second-order valence-corrected chi connectivity index (χ2v) is 3.67. The maximum atomic E-state index is 2.31. The molecule has 0 radical (unpaired) electrons. The minimum absolute atomic E-state index is 0. The van der Waals surface area contributed by atoms with E-state index in [1.807, 2.05) is 27.7 Å². The molecule has 1 aliphatic carbocycles. The van der Waals surface area contributed by atoms with Crippen LogP contribution in [0.1, 0.15) is 81.6 Å². The molecule has 0 bridgehead atoms. The Hall–Kier alpha value is -0.260. The minimum Gasteiger partial charge on any atom is -0.0776 e. The van der Waals surface area contributed by atoms with Gasteiger partial charge in [0.05, 0.1) is 0 Å². The van der Waals surface area contributed by atoms with Crippen LogP contribution in [0.4, 0.5) is 0 Å². The van der Waals surface area contributed by atoms with Crippen LogP contribution in [0.3, 0.4) is 0 Å². The quantitative estimate of drug-likeness (QED) is 0.454. The molecule has 1 aliphatic rings. The van der Waals surface area contributed by atoms with Gasteiger partial charge in [-0.15, -0.1) is 0 Å². The molecular weight excluding hydrogens is 180 g/mol. The summed E-state index contributed by atoms with van der Waals surface area (Å²) in [6.07, 6.45) is 5.56. The first-order valence-corrected chi connectivity index (χ1v) is 6.40. The first kappa shape index (κ1) is 20.2. The molecule has 1 rings (SSSR count). The molecule has 0 fully saturated rings. The third kappa shape index (κ3) is 8.72. The first-order chi connectivity index (χ1) is 6.72. The SMILES string of the molecule is C.CC.CC.CC1=C(C(C)C)CCCC1. The lowest BCUT2D eigenvalue weighted by molar-refractivity contribution is 0.598. The van der Waals surface area contributed by atoms with E-state index in [9.17, 15) is 0 Å². The van der Waals surface area contributed by atoms with Crippen molar-refractivity contribution in [1.29, 1.82) is 0 Å². The van der Waals surface area contributed by atoms with E-state index in [0.717, 1.165) is 5.92 Å². The van der Waals surface area contributed by atoms with Crippen LogP contribution in [0.2, 0.25) is 0 Å². The Morgan fingerprint density at radius 3 is 1.53 bits per heavy atom. The molecule has 0 heteroatoms. The topological polar surface area (TPSA) is 0 Å². The van der Waals surface area contributed by atoms with Crippen LogP contribution in [0, 0.1) is 5.92 Å². The number of hydrogen-bond donors (Lipinski definition) is 0. The Bertz CT molecular complexity index is 140. The first-order valence-electron chi connectivity index (χ1n) is 6.40. The van der Waals surface area contributed by atoms with Gasteiger partial charge in [-0.2, -0.15) is 0 Å². The van der Waals surface area contributed by atoms with E-state index in [1.165, 1.54) is 25.7 Å². The van der Waals surface area contributed by atoms with Gasteiger partial charge in [-0.25, -0.2) is 0 Å². The van der Waals surface area contributed by atoms with Crippen LogP contribution in [0.25, 0.3) is 0 Å². The van der Waals surface area contributed by atoms with Crippen LogP contribution in [-0.2, 0) is 0 Å². The van der Waals surface area contributed by atoms with Crippen molar-refractivity contribution in [3.63, 3.8) is 0 Å². The summed E-state index contributed by atoms with van der Waals surface area (Å²) in [7, 11) is 0. The van der Waals surface area contributed by atoms with Crippen molar-refractivity contribution in [2.45, 2.75) is 81.6 Å². The van der Waals surface area contributed by atoms with E-state index in [1.54, 1.807) is 11.1 Å². The van der Waals surface area contributed by atoms with Gasteiger partial charge in [-0.05, 0) is 38.5 Å². The fraction of sp³-hybridized carbons (Fsp3) is 0.867. The molecule has 94 valence electrons. The Balaban J connectivity index is -0.000000258. The van der Waals surface area contributed by atoms with Crippen LogP contribution in [0.5, 0.6) is 0 Å². The summed E-state index contributed by atoms with van der Waals surface area (Å²) >= 11 is 0. The van der Waals surface area contributed by atoms with Crippen molar-refractivity contribution in [2.24, 2.45) is 5.92 Å². The van der Waals surface area contributed by atoms with Crippen molar-refractivity contribution < 1.29 is 0 Å². The van der Waals surface area contributed by atoms with Crippen LogP contribution >= 0.6 is 0 Å². The zero-order valence-electron chi connectivity index (χ0n) is 11.4. The highest BCUT2D eigenvalue weighted by Gasteiger charge is 2.11. The predicted octanol–water partition coefficient (Wildman–Crippen LogP) is 6.22. The number of rotatable bonds is 1. The van der Waals surface area contributed by atoms with Crippen LogP contribution in [-0.4, -0.2) is 0 Å². The van der Waals surface area contributed by atoms with E-state index >= 15 is 0 Å². The molecule has 0 amide bonds. The minimum atomic E-state index is 0. The lowest BCUT2D eigenvalue weighted by Crippen LogP contribution is -2.02. The highest BCUT2D eigenvalue weighted by molar-refractivity contribution is 5.16. The second-order valence-electron chi connectivity index (χ2n) is 3.67. The van der Waals surface area contributed by atoms with Gasteiger partial charge in [0.25, 0.3) is 0 Å². The smallest absolute Gasteiger partial charge is 0.0258 e. The van der Waals surface area contributed by atoms with Crippen molar-refractivity contribution in [3.8, 4) is 0 Å². The molecule has 0 nitrogen and oxygen atoms in total. The van der Waals surface area contributed by atoms with Gasteiger partial charge in [0, 0.05) is 0 Å². The summed E-state index contributed by atoms with van der Waals surface area (Å²) in [6, 6.07) is 0. The van der Waals surface area contributed by atoms with Crippen LogP contribution < -0.4 is 0 Å². The molecule has 0 unspecified atom stereocenters. The molecule has 0 spiro atoms. The van der Waals surface area contributed by atoms with Gasteiger partial charge in [0.15, 0.2) is 0 Å². The van der Waals surface area contributed by atoms with E-state index in [2.05, 4.69) is 20.8 Å². The van der Waals surface area contributed by atoms with E-state index in [0.29, 0.717) is 0 Å². The Labute approximate surface area is 99.2 Å². The van der Waals surface area contributed by atoms with Gasteiger partial charge < -0.3 is 0 Å². The van der Waals surface area contributed by atoms with Crippen LogP contribution in [0.15, 0.2) is 11.1 Å². The predicted molar refractivity (Wildman–Crippen MR) is 75.4 cm³/mol. The van der Waals surface area contributed by atoms with Crippen molar-refractivity contribution in [3.05, 3.63) is 11.1 Å². The summed E-state index contributed by atoms with van der Waals surface area (Å²) in [6.45, 7) is 14.9. The highest BCUT2D eigenvalue weighted by atomic mass is 14.2. The third-order valence-electron chi connectivity index (χ3n) is 2.49. The lowest BCUT2D eigenvalue weighted by Gasteiger charge is -2.20. The number of allylic oxidation sites excluding steroid dienone is 2. The second kappa shape index (κ2) is 13.7. The molecule has 0 aliphatic heterocycles. The van der Waals surface area contributed by atoms with Gasteiger partial charge in [-0.3, -0.25) is 0 Å². The fourth-order valence-corrected chi connectivity index (χ4v) is 1.86. The Morgan fingerprint density at radius 1 is 0.867 bits per heavy atom. The summed E-state index contributed by atoms with van der Waals surface area (Å²) in [5.74, 6) is 0.792. The average Bonchev–Trinajstić information content (AvgIpc) is 2.24. The van der Waals surface area contributed by atoms with Crippen molar-refractivity contribution in [2.75, 3.05) is 0 Å². The Morgan fingerprint density at radius 2 is 1.27 bits per heavy atom. The Kier molecular flexibility index (Phi) is 18.5. The van der Waals surface area contributed by atoms with Crippen molar-refractivity contribution >= 4 is 0 Å². The maximum absolute atomic E-state index is 2.31. The maximum Gasteiger partial charge on any atom is -0.0258 e. The summed E-state index contributed by atoms with van der Waals surface area (Å²) in [4.78, 5) is 0. The number of hydrogen-bond acceptors (Lipinski definition) is 0. The summed E-state index contributed by atoms with van der Waals surface area (Å²) in [5.41, 5.74) is 3.40. The summed E-state index contributed by atoms with van der Waals surface area (Å²) in [5, 5.41) is 0. The zero-order chi connectivity index (χ0) is 11.6. The molecule has 0 aromatic rings. The van der Waals surface area contributed by atoms with Crippen molar-refractivity contribution in [1.82, 2.24) is 0 Å². The van der Waals surface area contributed by atoms with Gasteiger partial charge >= 0.3 is 0 Å². The molecule has 0 aromatic carbocycles. The molecular formula is C15H34. The highest BCUT2D eigenvalue weighted by Crippen LogP contribution is 2.28. The third-order valence-corrected chi connectivity index (χ3v) is 2.49. The monoisotopic (exact) mass is 214 g/mol. The molecule has 0 heterocycles. The van der Waals surface area contributed by atoms with Gasteiger partial charge in [0.1, 0.15) is 0 Å². The molecule has 0 aromatic heterocycles. The average molecular weight is 214 g/mol. The zero-order valence-corrected chi connectivity index (χ0v) is 11.4. The van der Waals surface area contributed by atoms with Gasteiger partial charge in [0.2, 0.25) is 0 Å². The van der Waals surface area contributed by atoms with E-state index in [4.69, 9.17) is 0 Å². The molecule has 0 saturated heterocycles. The molecule has 0 atom stereocenters. The molecule has 15 heavy (non-hydrogen) atoms. The molecule has 0 N–H and O–H groups in total. The standard InChI is InChI=1S/C10H18.2C2H6.CH4/c1-8(2)10-7-5-4-6-9(10)3;2*1-2;/h8H,4-7H2,1-3H3;2*1-2H3;1H4. The molecule has 0 saturated carbocycles. The normalized spacial score (nSPS) is 14.4. The fourth-order valence-electron chi connectivity index (χ4n) is 1.86. The van der Waals surface area contributed by atoms with Gasteiger partial charge in [-0.1, -0.05) is 60.1 Å².